The zero-order valence-corrected chi connectivity index (χ0v) is 24.3. The topological polar surface area (TPSA) is 49.4 Å². The SMILES string of the molecule is CCC1CN2CCC1CC2[C@@H](NC(=S)Nc1cc(C(F)(F)F)cc(C(F)(F)F)c1)c1ccnc2c1=CC(OC)C(C)C=2. The van der Waals surface area contributed by atoms with Crippen LogP contribution in [0.4, 0.5) is 32.0 Å². The molecule has 2 aromatic rings. The van der Waals surface area contributed by atoms with Crippen molar-refractivity contribution >= 4 is 35.2 Å². The number of nitrogens with one attached hydrogen (secondary N) is 2. The van der Waals surface area contributed by atoms with E-state index in [1.165, 1.54) is 0 Å². The van der Waals surface area contributed by atoms with Gasteiger partial charge >= 0.3 is 12.4 Å². The molecule has 3 saturated heterocycles. The molecule has 0 radical (unpaired) electrons. The molecule has 7 atom stereocenters. The van der Waals surface area contributed by atoms with Gasteiger partial charge < -0.3 is 15.4 Å². The van der Waals surface area contributed by atoms with Crippen LogP contribution in [0, 0.1) is 17.8 Å². The summed E-state index contributed by atoms with van der Waals surface area (Å²) >= 11 is 5.55. The first-order chi connectivity index (χ1) is 19.8. The molecule has 1 aromatic carbocycles. The largest absolute Gasteiger partial charge is 0.416 e. The smallest absolute Gasteiger partial charge is 0.377 e. The Balaban J connectivity index is 1.52. The Hall–Kier alpha value is -2.70. The van der Waals surface area contributed by atoms with Crippen molar-refractivity contribution in [3.05, 3.63) is 57.7 Å². The number of halogens is 6. The van der Waals surface area contributed by atoms with Crippen molar-refractivity contribution in [2.45, 2.75) is 63.7 Å². The van der Waals surface area contributed by atoms with E-state index in [0.29, 0.717) is 24.0 Å². The normalized spacial score (nSPS) is 27.8. The van der Waals surface area contributed by atoms with Crippen LogP contribution in [-0.4, -0.2) is 47.3 Å². The first-order valence-corrected chi connectivity index (χ1v) is 14.5. The predicted molar refractivity (Wildman–Crippen MR) is 153 cm³/mol. The number of methoxy groups -OCH3 is 1. The van der Waals surface area contributed by atoms with Gasteiger partial charge in [-0.05, 0) is 79.3 Å². The highest BCUT2D eigenvalue weighted by atomic mass is 32.1. The summed E-state index contributed by atoms with van der Waals surface area (Å²) in [5.41, 5.74) is -2.31. The number of aromatic nitrogens is 1. The molecule has 228 valence electrons. The van der Waals surface area contributed by atoms with Crippen LogP contribution in [0.15, 0.2) is 30.5 Å². The van der Waals surface area contributed by atoms with Crippen LogP contribution in [0.2, 0.25) is 0 Å². The van der Waals surface area contributed by atoms with Crippen LogP contribution >= 0.6 is 12.2 Å². The Kier molecular flexibility index (Phi) is 8.61. The van der Waals surface area contributed by atoms with E-state index in [9.17, 15) is 26.3 Å². The van der Waals surface area contributed by atoms with E-state index in [4.69, 9.17) is 17.0 Å². The number of alkyl halides is 6. The lowest BCUT2D eigenvalue weighted by Crippen LogP contribution is -2.59. The maximum Gasteiger partial charge on any atom is 0.416 e. The molecule has 0 saturated carbocycles. The highest BCUT2D eigenvalue weighted by molar-refractivity contribution is 7.80. The molecule has 6 unspecified atom stereocenters. The molecule has 12 heteroatoms. The van der Waals surface area contributed by atoms with Gasteiger partial charge in [0.15, 0.2) is 5.11 Å². The third-order valence-electron chi connectivity index (χ3n) is 8.91. The average molecular weight is 613 g/mol. The number of ether oxygens (including phenoxy) is 1. The van der Waals surface area contributed by atoms with E-state index in [2.05, 4.69) is 27.4 Å². The van der Waals surface area contributed by atoms with Crippen molar-refractivity contribution in [2.75, 3.05) is 25.5 Å². The number of hydrogen-bond acceptors (Lipinski definition) is 4. The number of benzene rings is 1. The fraction of sp³-hybridized carbons (Fsp3) is 0.533. The van der Waals surface area contributed by atoms with E-state index in [1.54, 1.807) is 13.3 Å². The molecule has 2 N–H and O–H groups in total. The number of piperidine rings is 3. The van der Waals surface area contributed by atoms with Gasteiger partial charge in [0.1, 0.15) is 0 Å². The summed E-state index contributed by atoms with van der Waals surface area (Å²) in [4.78, 5) is 6.99. The van der Waals surface area contributed by atoms with Crippen molar-refractivity contribution in [2.24, 2.45) is 17.8 Å². The van der Waals surface area contributed by atoms with Gasteiger partial charge in [0.05, 0.1) is 28.6 Å². The van der Waals surface area contributed by atoms with Crippen LogP contribution < -0.4 is 21.2 Å². The van der Waals surface area contributed by atoms with Gasteiger partial charge in [-0.2, -0.15) is 26.3 Å². The van der Waals surface area contributed by atoms with E-state index in [0.717, 1.165) is 48.5 Å². The highest BCUT2D eigenvalue weighted by Crippen LogP contribution is 2.42. The van der Waals surface area contributed by atoms with E-state index in [1.807, 2.05) is 25.1 Å². The van der Waals surface area contributed by atoms with Gasteiger partial charge in [0.25, 0.3) is 0 Å². The van der Waals surface area contributed by atoms with Crippen LogP contribution in [0.5, 0.6) is 0 Å². The number of thiocarbonyl (C=S) groups is 1. The second-order valence-electron chi connectivity index (χ2n) is 11.5. The quantitative estimate of drug-likeness (QED) is 0.333. The number of rotatable bonds is 6. The molecule has 1 aromatic heterocycles. The minimum atomic E-state index is -4.96. The Bertz CT molecular complexity index is 1410. The number of fused-ring (bicyclic) bond motifs is 4. The molecule has 5 nitrogen and oxygen atoms in total. The van der Waals surface area contributed by atoms with Crippen LogP contribution in [0.3, 0.4) is 0 Å². The third kappa shape index (κ3) is 6.30. The summed E-state index contributed by atoms with van der Waals surface area (Å²) in [7, 11) is 1.64. The Morgan fingerprint density at radius 3 is 2.38 bits per heavy atom. The second kappa shape index (κ2) is 11.8. The first kappa shape index (κ1) is 30.7. The molecule has 3 fully saturated rings. The summed E-state index contributed by atoms with van der Waals surface area (Å²) in [6.45, 7) is 6.07. The number of pyridine rings is 1. The molecule has 6 rings (SSSR count). The third-order valence-corrected chi connectivity index (χ3v) is 9.13. The fourth-order valence-electron chi connectivity index (χ4n) is 6.74. The summed E-state index contributed by atoms with van der Waals surface area (Å²) in [6.07, 6.45) is -1.25. The minimum Gasteiger partial charge on any atom is -0.377 e. The minimum absolute atomic E-state index is 0.0128. The van der Waals surface area contributed by atoms with Gasteiger partial charge in [-0.3, -0.25) is 9.88 Å². The molecule has 1 aliphatic carbocycles. The highest BCUT2D eigenvalue weighted by Gasteiger charge is 2.43. The Labute approximate surface area is 246 Å². The molecule has 42 heavy (non-hydrogen) atoms. The van der Waals surface area contributed by atoms with Crippen molar-refractivity contribution in [3.63, 3.8) is 0 Å². The zero-order chi connectivity index (χ0) is 30.4. The fourth-order valence-corrected chi connectivity index (χ4v) is 6.98. The predicted octanol–water partition coefficient (Wildman–Crippen LogP) is 5.49. The molecular weight excluding hydrogens is 578 g/mol. The molecule has 4 aliphatic rings. The molecule has 2 bridgehead atoms. The maximum absolute atomic E-state index is 13.5. The number of hydrogen-bond donors (Lipinski definition) is 2. The standard InChI is InChI=1S/C30H34F6N4OS/c1-4-17-15-40-8-6-18(17)10-25(40)27(22-5-7-37-24-9-16(2)26(41-3)14-23(22)24)39-28(42)38-21-12-19(29(31,32)33)11-20(13-21)30(34,35)36/h5,7,9,11-14,16-18,25-27H,4,6,8,10,15H2,1-3H3,(H2,38,39,42)/t16?,17?,18?,25?,26?,27-/m0/s1. The summed E-state index contributed by atoms with van der Waals surface area (Å²) in [5, 5.41) is 7.53. The van der Waals surface area contributed by atoms with Crippen LogP contribution in [0.1, 0.15) is 55.8 Å². The molecular formula is C30H34F6N4OS. The molecule has 0 spiro atoms. The van der Waals surface area contributed by atoms with Gasteiger partial charge in [-0.15, -0.1) is 0 Å². The van der Waals surface area contributed by atoms with Gasteiger partial charge in [0.2, 0.25) is 0 Å². The van der Waals surface area contributed by atoms with Gasteiger partial charge in [-0.25, -0.2) is 0 Å². The lowest BCUT2D eigenvalue weighted by Gasteiger charge is -2.52. The van der Waals surface area contributed by atoms with E-state index in [-0.39, 0.29) is 29.2 Å². The lowest BCUT2D eigenvalue weighted by atomic mass is 9.72. The van der Waals surface area contributed by atoms with Gasteiger partial charge in [-0.1, -0.05) is 26.3 Å². The van der Waals surface area contributed by atoms with Gasteiger partial charge in [0, 0.05) is 42.7 Å². The lowest BCUT2D eigenvalue weighted by molar-refractivity contribution is -0.143. The number of anilines is 1. The zero-order valence-electron chi connectivity index (χ0n) is 23.5. The molecule has 0 amide bonds. The number of nitrogens with zero attached hydrogens (tertiary/aromatic N) is 2. The van der Waals surface area contributed by atoms with E-state index < -0.39 is 35.2 Å². The Morgan fingerprint density at radius 2 is 1.81 bits per heavy atom. The summed E-state index contributed by atoms with van der Waals surface area (Å²) < 4.78 is 86.5. The van der Waals surface area contributed by atoms with Crippen molar-refractivity contribution < 1.29 is 31.1 Å². The van der Waals surface area contributed by atoms with Crippen molar-refractivity contribution in [1.82, 2.24) is 15.2 Å². The molecule has 3 aliphatic heterocycles. The van der Waals surface area contributed by atoms with Crippen LogP contribution in [-0.2, 0) is 17.1 Å². The summed E-state index contributed by atoms with van der Waals surface area (Å²) in [6, 6.07) is 2.89. The second-order valence-corrected chi connectivity index (χ2v) is 11.9. The first-order valence-electron chi connectivity index (χ1n) is 14.1. The monoisotopic (exact) mass is 612 g/mol. The van der Waals surface area contributed by atoms with Crippen molar-refractivity contribution in [3.8, 4) is 0 Å². The van der Waals surface area contributed by atoms with Crippen LogP contribution in [0.25, 0.3) is 12.2 Å². The summed E-state index contributed by atoms with van der Waals surface area (Å²) in [5.74, 6) is 1.20. The Morgan fingerprint density at radius 1 is 1.12 bits per heavy atom. The maximum atomic E-state index is 13.5. The van der Waals surface area contributed by atoms with Crippen molar-refractivity contribution in [1.29, 1.82) is 0 Å². The average Bonchev–Trinajstić information content (AvgIpc) is 2.94. The van der Waals surface area contributed by atoms with E-state index >= 15 is 0 Å². The molecule has 4 heterocycles.